The van der Waals surface area contributed by atoms with Gasteiger partial charge in [-0.1, -0.05) is 6.08 Å². The van der Waals surface area contributed by atoms with Crippen molar-refractivity contribution < 1.29 is 0 Å². The number of allylic oxidation sites excluding steroid dienone is 1. The number of nitrogens with one attached hydrogen (secondary N) is 1. The van der Waals surface area contributed by atoms with Crippen LogP contribution in [0, 0.1) is 13.8 Å². The number of aryl methyl sites for hydroxylation is 2. The Balaban J connectivity index is 1.84. The molecular weight excluding hydrogens is 312 g/mol. The highest BCUT2D eigenvalue weighted by molar-refractivity contribution is 6.01. The zero-order valence-corrected chi connectivity index (χ0v) is 15.5. The second kappa shape index (κ2) is 6.26. The zero-order valence-electron chi connectivity index (χ0n) is 15.5. The summed E-state index contributed by atoms with van der Waals surface area (Å²) in [6.45, 7) is 10.5. The average Bonchev–Trinajstić information content (AvgIpc) is 3.00. The van der Waals surface area contributed by atoms with E-state index in [0.717, 1.165) is 60.1 Å². The molecule has 25 heavy (non-hydrogen) atoms. The van der Waals surface area contributed by atoms with E-state index in [9.17, 15) is 0 Å². The lowest BCUT2D eigenvalue weighted by molar-refractivity contribution is 0.403. The van der Waals surface area contributed by atoms with Crippen molar-refractivity contribution in [2.45, 2.75) is 52.6 Å². The van der Waals surface area contributed by atoms with Gasteiger partial charge >= 0.3 is 0 Å². The third-order valence-corrected chi connectivity index (χ3v) is 4.98. The molecule has 6 nitrogen and oxygen atoms in total. The second-order valence-corrected chi connectivity index (χ2v) is 7.31. The number of anilines is 1. The third kappa shape index (κ3) is 2.95. The van der Waals surface area contributed by atoms with E-state index >= 15 is 0 Å². The summed E-state index contributed by atoms with van der Waals surface area (Å²) in [7, 11) is 0. The maximum atomic E-state index is 4.93. The fourth-order valence-electron chi connectivity index (χ4n) is 4.01. The predicted octanol–water partition coefficient (Wildman–Crippen LogP) is 2.63. The number of rotatable bonds is 2. The Bertz CT molecular complexity index is 852. The normalized spacial score (nSPS) is 24.0. The van der Waals surface area contributed by atoms with Crippen molar-refractivity contribution in [3.63, 3.8) is 0 Å². The minimum Gasteiger partial charge on any atom is -0.352 e. The van der Waals surface area contributed by atoms with Gasteiger partial charge in [-0.2, -0.15) is 5.10 Å². The van der Waals surface area contributed by atoms with Crippen LogP contribution in [0.2, 0.25) is 0 Å². The minimum atomic E-state index is 0.447. The lowest BCUT2D eigenvalue weighted by Gasteiger charge is -2.38. The maximum Gasteiger partial charge on any atom is 0.152 e. The van der Waals surface area contributed by atoms with E-state index in [1.807, 2.05) is 6.20 Å². The molecule has 2 aliphatic rings. The molecule has 4 heterocycles. The number of fused-ring (bicyclic) bond motifs is 1. The van der Waals surface area contributed by atoms with Crippen LogP contribution in [0.3, 0.4) is 0 Å². The van der Waals surface area contributed by atoms with Crippen LogP contribution in [0.5, 0.6) is 0 Å². The number of hydrogen-bond acceptors (Lipinski definition) is 5. The van der Waals surface area contributed by atoms with Gasteiger partial charge in [-0.25, -0.2) is 4.52 Å². The summed E-state index contributed by atoms with van der Waals surface area (Å²) in [5, 5.41) is 8.53. The summed E-state index contributed by atoms with van der Waals surface area (Å²) in [6, 6.07) is 3.03. The highest BCUT2D eigenvalue weighted by atomic mass is 15.4. The summed E-state index contributed by atoms with van der Waals surface area (Å²) in [6.07, 6.45) is 5.97. The van der Waals surface area contributed by atoms with Crippen LogP contribution in [0.1, 0.15) is 43.8 Å². The molecule has 0 amide bonds. The van der Waals surface area contributed by atoms with Crippen molar-refractivity contribution in [3.05, 3.63) is 35.4 Å². The quantitative estimate of drug-likeness (QED) is 0.914. The van der Waals surface area contributed by atoms with Crippen molar-refractivity contribution in [2.24, 2.45) is 4.99 Å². The number of hydrogen-bond donors (Lipinski definition) is 1. The Labute approximate surface area is 148 Å². The largest absolute Gasteiger partial charge is 0.352 e. The molecule has 2 atom stereocenters. The van der Waals surface area contributed by atoms with E-state index in [-0.39, 0.29) is 0 Å². The molecule has 6 heteroatoms. The van der Waals surface area contributed by atoms with Crippen LogP contribution >= 0.6 is 0 Å². The van der Waals surface area contributed by atoms with Gasteiger partial charge in [-0.05, 0) is 46.6 Å². The van der Waals surface area contributed by atoms with Crippen molar-refractivity contribution in [1.29, 1.82) is 0 Å². The standard InChI is InChI=1S/C19H26N6/c1-12-10-24(11-13(2)21-12)19-15(4)22-14(3)18-9-17(23-25(18)19)16-7-5-6-8-20-16/h6,8-9,12-13,21H,5,7,10-11H2,1-4H3/t12-,13+. The minimum absolute atomic E-state index is 0.447. The summed E-state index contributed by atoms with van der Waals surface area (Å²) >= 11 is 0. The fraction of sp³-hybridized carbons (Fsp3) is 0.526. The van der Waals surface area contributed by atoms with Gasteiger partial charge in [0.1, 0.15) is 5.69 Å². The fourth-order valence-corrected chi connectivity index (χ4v) is 4.01. The maximum absolute atomic E-state index is 4.93. The number of aromatic nitrogens is 3. The van der Waals surface area contributed by atoms with Crippen LogP contribution in [-0.4, -0.2) is 45.5 Å². The highest BCUT2D eigenvalue weighted by Gasteiger charge is 2.26. The first-order valence-corrected chi connectivity index (χ1v) is 9.13. The first kappa shape index (κ1) is 16.3. The number of piperazine rings is 1. The van der Waals surface area contributed by atoms with Crippen LogP contribution in [0.15, 0.2) is 23.3 Å². The van der Waals surface area contributed by atoms with Crippen molar-refractivity contribution in [3.8, 4) is 0 Å². The van der Waals surface area contributed by atoms with Gasteiger partial charge < -0.3 is 10.2 Å². The molecule has 2 aliphatic heterocycles. The molecule has 1 saturated heterocycles. The molecule has 0 aliphatic carbocycles. The van der Waals surface area contributed by atoms with Crippen molar-refractivity contribution in [1.82, 2.24) is 19.9 Å². The SMILES string of the molecule is Cc1nc(C)c2cc(C3=NC=CCC3)nn2c1N1C[C@@H](C)N[C@@H](C)C1. The molecule has 0 unspecified atom stereocenters. The average molecular weight is 338 g/mol. The van der Waals surface area contributed by atoms with Gasteiger partial charge in [0.25, 0.3) is 0 Å². The van der Waals surface area contributed by atoms with Gasteiger partial charge in [0.05, 0.1) is 22.6 Å². The molecule has 4 rings (SSSR count). The summed E-state index contributed by atoms with van der Waals surface area (Å²) in [5.74, 6) is 1.11. The summed E-state index contributed by atoms with van der Waals surface area (Å²) in [4.78, 5) is 11.8. The molecular formula is C19H26N6. The molecule has 1 fully saturated rings. The van der Waals surface area contributed by atoms with Gasteiger partial charge in [0.2, 0.25) is 0 Å². The predicted molar refractivity (Wildman–Crippen MR) is 102 cm³/mol. The van der Waals surface area contributed by atoms with Crippen molar-refractivity contribution >= 4 is 17.0 Å². The summed E-state index contributed by atoms with van der Waals surface area (Å²) < 4.78 is 2.08. The van der Waals surface area contributed by atoms with Crippen LogP contribution < -0.4 is 10.2 Å². The van der Waals surface area contributed by atoms with Crippen molar-refractivity contribution in [2.75, 3.05) is 18.0 Å². The molecule has 0 bridgehead atoms. The van der Waals surface area contributed by atoms with Gasteiger partial charge in [-0.3, -0.25) is 9.98 Å². The zero-order chi connectivity index (χ0) is 17.6. The van der Waals surface area contributed by atoms with Gasteiger partial charge in [0.15, 0.2) is 5.82 Å². The van der Waals surface area contributed by atoms with Crippen LogP contribution in [-0.2, 0) is 0 Å². The molecule has 132 valence electrons. The third-order valence-electron chi connectivity index (χ3n) is 4.98. The Morgan fingerprint density at radius 1 is 1.12 bits per heavy atom. The number of nitrogens with zero attached hydrogens (tertiary/aromatic N) is 5. The highest BCUT2D eigenvalue weighted by Crippen LogP contribution is 2.26. The van der Waals surface area contributed by atoms with E-state index in [0.29, 0.717) is 12.1 Å². The smallest absolute Gasteiger partial charge is 0.152 e. The van der Waals surface area contributed by atoms with E-state index in [1.165, 1.54) is 0 Å². The van der Waals surface area contributed by atoms with E-state index < -0.39 is 0 Å². The lowest BCUT2D eigenvalue weighted by atomic mass is 10.1. The van der Waals surface area contributed by atoms with Crippen LogP contribution in [0.4, 0.5) is 5.82 Å². The molecule has 2 aromatic heterocycles. The second-order valence-electron chi connectivity index (χ2n) is 7.31. The van der Waals surface area contributed by atoms with Gasteiger partial charge in [0, 0.05) is 31.4 Å². The van der Waals surface area contributed by atoms with E-state index in [1.54, 1.807) is 0 Å². The van der Waals surface area contributed by atoms with E-state index in [2.05, 4.69) is 59.6 Å². The summed E-state index contributed by atoms with van der Waals surface area (Å²) in [5.41, 5.74) is 5.16. The molecule has 0 radical (unpaired) electrons. The first-order valence-electron chi connectivity index (χ1n) is 9.13. The monoisotopic (exact) mass is 338 g/mol. The Morgan fingerprint density at radius 3 is 2.56 bits per heavy atom. The number of aliphatic imine (C=N–C) groups is 1. The van der Waals surface area contributed by atoms with Gasteiger partial charge in [-0.15, -0.1) is 0 Å². The topological polar surface area (TPSA) is 57.8 Å². The Morgan fingerprint density at radius 2 is 1.88 bits per heavy atom. The first-order chi connectivity index (χ1) is 12.0. The van der Waals surface area contributed by atoms with Crippen LogP contribution in [0.25, 0.3) is 5.52 Å². The lowest BCUT2D eigenvalue weighted by Crippen LogP contribution is -2.55. The molecule has 0 spiro atoms. The van der Waals surface area contributed by atoms with E-state index in [4.69, 9.17) is 10.1 Å². The molecule has 0 aromatic carbocycles. The Kier molecular flexibility index (Phi) is 4.07. The Hall–Kier alpha value is -2.21. The molecule has 0 saturated carbocycles. The molecule has 2 aromatic rings. The molecule has 1 N–H and O–H groups in total.